The molecule has 1 aliphatic rings. The highest BCUT2D eigenvalue weighted by molar-refractivity contribution is 7.91. The van der Waals surface area contributed by atoms with Gasteiger partial charge in [-0.1, -0.05) is 44.2 Å². The number of rotatable bonds is 7. The van der Waals surface area contributed by atoms with Crippen LogP contribution >= 0.6 is 0 Å². The third-order valence-corrected chi connectivity index (χ3v) is 6.58. The molecule has 3 atom stereocenters. The van der Waals surface area contributed by atoms with Crippen LogP contribution in [0.1, 0.15) is 45.2 Å². The molecule has 1 aliphatic heterocycles. The molecule has 0 aliphatic carbocycles. The summed E-state index contributed by atoms with van der Waals surface area (Å²) in [5.41, 5.74) is 1.17. The first-order valence-electron chi connectivity index (χ1n) is 8.97. The molecule has 25 heavy (non-hydrogen) atoms. The second-order valence-electron chi connectivity index (χ2n) is 7.49. The number of carbonyl (C=O) groups excluding carboxylic acids is 1. The molecule has 140 valence electrons. The van der Waals surface area contributed by atoms with Crippen LogP contribution in [-0.4, -0.2) is 49.9 Å². The fourth-order valence-electron chi connectivity index (χ4n) is 3.40. The van der Waals surface area contributed by atoms with Crippen LogP contribution in [0.3, 0.4) is 0 Å². The van der Waals surface area contributed by atoms with E-state index in [2.05, 4.69) is 31.3 Å². The summed E-state index contributed by atoms with van der Waals surface area (Å²) < 4.78 is 23.3. The summed E-state index contributed by atoms with van der Waals surface area (Å²) in [6.45, 7) is 6.19. The van der Waals surface area contributed by atoms with E-state index in [-0.39, 0.29) is 35.5 Å². The van der Waals surface area contributed by atoms with Gasteiger partial charge in [0, 0.05) is 19.1 Å². The summed E-state index contributed by atoms with van der Waals surface area (Å²) in [4.78, 5) is 14.4. The molecule has 1 heterocycles. The van der Waals surface area contributed by atoms with Gasteiger partial charge in [-0.15, -0.1) is 0 Å². The van der Waals surface area contributed by atoms with Crippen LogP contribution < -0.4 is 5.32 Å². The maximum Gasteiger partial charge on any atom is 0.239 e. The van der Waals surface area contributed by atoms with Gasteiger partial charge in [0.1, 0.15) is 0 Å². The number of nitrogens with one attached hydrogen (secondary N) is 1. The Morgan fingerprint density at radius 1 is 1.24 bits per heavy atom. The average molecular weight is 367 g/mol. The van der Waals surface area contributed by atoms with Gasteiger partial charge in [0.25, 0.3) is 0 Å². The molecule has 0 spiro atoms. The quantitative estimate of drug-likeness (QED) is 0.805. The fraction of sp³-hybridized carbons (Fsp3) is 0.632. The molecule has 1 amide bonds. The predicted molar refractivity (Wildman–Crippen MR) is 101 cm³/mol. The maximum absolute atomic E-state index is 12.8. The smallest absolute Gasteiger partial charge is 0.239 e. The van der Waals surface area contributed by atoms with Crippen LogP contribution in [0.2, 0.25) is 0 Å². The van der Waals surface area contributed by atoms with Crippen molar-refractivity contribution in [3.63, 3.8) is 0 Å². The molecular formula is C19H30N2O3S. The van der Waals surface area contributed by atoms with Crippen LogP contribution in [0.4, 0.5) is 0 Å². The maximum atomic E-state index is 12.8. The molecule has 6 heteroatoms. The number of nitrogens with zero attached hydrogens (tertiary/aromatic N) is 1. The van der Waals surface area contributed by atoms with E-state index in [4.69, 9.17) is 0 Å². The van der Waals surface area contributed by atoms with Gasteiger partial charge in [0.2, 0.25) is 5.91 Å². The largest absolute Gasteiger partial charge is 0.340 e. The van der Waals surface area contributed by atoms with Gasteiger partial charge < -0.3 is 4.90 Å². The van der Waals surface area contributed by atoms with Gasteiger partial charge in [-0.05, 0) is 31.2 Å². The van der Waals surface area contributed by atoms with Gasteiger partial charge in [0.05, 0.1) is 17.5 Å². The minimum absolute atomic E-state index is 0.0493. The third-order valence-electron chi connectivity index (χ3n) is 4.83. The molecule has 1 N–H and O–H groups in total. The highest BCUT2D eigenvalue weighted by Crippen LogP contribution is 2.23. The molecule has 1 aromatic rings. The van der Waals surface area contributed by atoms with E-state index in [1.807, 2.05) is 25.1 Å². The summed E-state index contributed by atoms with van der Waals surface area (Å²) in [5, 5.41) is 3.45. The van der Waals surface area contributed by atoms with Gasteiger partial charge in [-0.3, -0.25) is 10.1 Å². The van der Waals surface area contributed by atoms with E-state index in [1.165, 1.54) is 5.56 Å². The van der Waals surface area contributed by atoms with Crippen molar-refractivity contribution in [2.75, 3.05) is 18.6 Å². The van der Waals surface area contributed by atoms with Crippen molar-refractivity contribution in [3.05, 3.63) is 35.9 Å². The topological polar surface area (TPSA) is 66.5 Å². The summed E-state index contributed by atoms with van der Waals surface area (Å²) in [6.07, 6.45) is 1.47. The van der Waals surface area contributed by atoms with E-state index in [9.17, 15) is 13.2 Å². The second-order valence-corrected chi connectivity index (χ2v) is 9.72. The van der Waals surface area contributed by atoms with E-state index in [1.54, 1.807) is 11.9 Å². The number of hydrogen-bond acceptors (Lipinski definition) is 4. The Balaban J connectivity index is 2.04. The standard InChI is InChI=1S/C19H30N2O3S/c1-14(2)12-18(16-8-6-5-7-9-16)20-15(3)19(22)21(4)17-10-11-25(23,24)13-17/h5-9,14-15,17-18,20H,10-13H2,1-4H3/t15-,17-,18-/m0/s1. The first-order chi connectivity index (χ1) is 11.7. The SMILES string of the molecule is CC(C)C[C@H](N[C@@H](C)C(=O)N(C)[C@H]1CCS(=O)(=O)C1)c1ccccc1. The third kappa shape index (κ3) is 5.54. The van der Waals surface area contributed by atoms with Crippen LogP contribution in [-0.2, 0) is 14.6 Å². The van der Waals surface area contributed by atoms with E-state index in [0.717, 1.165) is 6.42 Å². The summed E-state index contributed by atoms with van der Waals surface area (Å²) in [7, 11) is -1.28. The molecule has 0 aromatic heterocycles. The first kappa shape index (κ1) is 19.9. The number of likely N-dealkylation sites (N-methyl/N-ethyl adjacent to an activating group) is 1. The Morgan fingerprint density at radius 3 is 2.40 bits per heavy atom. The zero-order valence-corrected chi connectivity index (χ0v) is 16.4. The lowest BCUT2D eigenvalue weighted by molar-refractivity contribution is -0.133. The monoisotopic (exact) mass is 366 g/mol. The van der Waals surface area contributed by atoms with Crippen LogP contribution in [0.15, 0.2) is 30.3 Å². The Hall–Kier alpha value is -1.40. The molecule has 0 bridgehead atoms. The average Bonchev–Trinajstić information content (AvgIpc) is 2.93. The first-order valence-corrected chi connectivity index (χ1v) is 10.8. The van der Waals surface area contributed by atoms with Crippen LogP contribution in [0.25, 0.3) is 0 Å². The van der Waals surface area contributed by atoms with Crippen molar-refractivity contribution in [1.82, 2.24) is 10.2 Å². The van der Waals surface area contributed by atoms with Crippen molar-refractivity contribution in [2.24, 2.45) is 5.92 Å². The number of carbonyl (C=O) groups is 1. The van der Waals surface area contributed by atoms with Crippen molar-refractivity contribution in [1.29, 1.82) is 0 Å². The molecule has 1 saturated heterocycles. The molecule has 0 radical (unpaired) electrons. The molecular weight excluding hydrogens is 336 g/mol. The summed E-state index contributed by atoms with van der Waals surface area (Å²) in [5.74, 6) is 0.706. The molecule has 1 aromatic carbocycles. The number of sulfone groups is 1. The van der Waals surface area contributed by atoms with Crippen molar-refractivity contribution < 1.29 is 13.2 Å². The minimum Gasteiger partial charge on any atom is -0.340 e. The highest BCUT2D eigenvalue weighted by Gasteiger charge is 2.34. The Bertz CT molecular complexity index is 673. The van der Waals surface area contributed by atoms with Gasteiger partial charge in [0.15, 0.2) is 9.84 Å². The summed E-state index contributed by atoms with van der Waals surface area (Å²) in [6, 6.07) is 9.67. The lowest BCUT2D eigenvalue weighted by Crippen LogP contribution is -2.48. The molecule has 0 saturated carbocycles. The van der Waals surface area contributed by atoms with Gasteiger partial charge in [-0.25, -0.2) is 8.42 Å². The zero-order valence-electron chi connectivity index (χ0n) is 15.6. The lowest BCUT2D eigenvalue weighted by atomic mass is 9.96. The Kier molecular flexibility index (Phi) is 6.63. The molecule has 0 unspecified atom stereocenters. The molecule has 1 fully saturated rings. The normalized spacial score (nSPS) is 21.9. The minimum atomic E-state index is -3.00. The van der Waals surface area contributed by atoms with Gasteiger partial charge in [-0.2, -0.15) is 0 Å². The van der Waals surface area contributed by atoms with Crippen LogP contribution in [0.5, 0.6) is 0 Å². The van der Waals surface area contributed by atoms with Crippen molar-refractivity contribution in [3.8, 4) is 0 Å². The van der Waals surface area contributed by atoms with E-state index >= 15 is 0 Å². The number of amides is 1. The zero-order chi connectivity index (χ0) is 18.6. The van der Waals surface area contributed by atoms with Crippen molar-refractivity contribution in [2.45, 2.75) is 51.7 Å². The Labute approximate surface area is 151 Å². The predicted octanol–water partition coefficient (Wildman–Crippen LogP) is 2.40. The van der Waals surface area contributed by atoms with E-state index in [0.29, 0.717) is 12.3 Å². The highest BCUT2D eigenvalue weighted by atomic mass is 32.2. The summed E-state index contributed by atoms with van der Waals surface area (Å²) >= 11 is 0. The fourth-order valence-corrected chi connectivity index (χ4v) is 5.17. The lowest BCUT2D eigenvalue weighted by Gasteiger charge is -2.30. The second kappa shape index (κ2) is 8.32. The van der Waals surface area contributed by atoms with Crippen molar-refractivity contribution >= 4 is 15.7 Å². The molecule has 5 nitrogen and oxygen atoms in total. The number of benzene rings is 1. The van der Waals surface area contributed by atoms with Crippen LogP contribution in [0, 0.1) is 5.92 Å². The number of hydrogen-bond donors (Lipinski definition) is 1. The van der Waals surface area contributed by atoms with Gasteiger partial charge >= 0.3 is 0 Å². The molecule has 2 rings (SSSR count). The Morgan fingerprint density at radius 2 is 1.88 bits per heavy atom. The van der Waals surface area contributed by atoms with E-state index < -0.39 is 9.84 Å².